The maximum absolute atomic E-state index is 13.0. The number of nitrogens with one attached hydrogen (secondary N) is 1. The minimum Gasteiger partial charge on any atom is -0.465 e. The second-order valence-corrected chi connectivity index (χ2v) is 5.75. The van der Waals surface area contributed by atoms with Crippen molar-refractivity contribution in [3.05, 3.63) is 29.8 Å². The lowest BCUT2D eigenvalue weighted by atomic mass is 10.1. The molecule has 1 unspecified atom stereocenters. The fourth-order valence-electron chi connectivity index (χ4n) is 2.85. The van der Waals surface area contributed by atoms with E-state index in [0.717, 1.165) is 26.2 Å². The number of hydrogen-bond donors (Lipinski definition) is 1. The number of halogens is 2. The molecule has 0 spiro atoms. The SMILES string of the molecule is CCN(CC)CC(C(=O)Nc1ccccc1C(=O)OC)N(CC)CC.Cl.Cl. The van der Waals surface area contributed by atoms with E-state index in [0.29, 0.717) is 17.8 Å². The van der Waals surface area contributed by atoms with E-state index in [4.69, 9.17) is 4.74 Å². The first-order valence-electron chi connectivity index (χ1n) is 8.96. The average molecular weight is 422 g/mol. The summed E-state index contributed by atoms with van der Waals surface area (Å²) in [7, 11) is 1.33. The Morgan fingerprint density at radius 1 is 1.00 bits per heavy atom. The van der Waals surface area contributed by atoms with Gasteiger partial charge in [0.25, 0.3) is 0 Å². The molecule has 0 saturated carbocycles. The van der Waals surface area contributed by atoms with Crippen LogP contribution in [0, 0.1) is 0 Å². The molecule has 0 saturated heterocycles. The van der Waals surface area contributed by atoms with Crippen LogP contribution < -0.4 is 5.32 Å². The summed E-state index contributed by atoms with van der Waals surface area (Å²) in [6.45, 7) is 12.3. The number of carbonyl (C=O) groups is 2. The van der Waals surface area contributed by atoms with Crippen molar-refractivity contribution in [2.24, 2.45) is 0 Å². The molecule has 0 aliphatic rings. The number of esters is 1. The highest BCUT2D eigenvalue weighted by Crippen LogP contribution is 2.17. The quantitative estimate of drug-likeness (QED) is 0.587. The van der Waals surface area contributed by atoms with E-state index in [9.17, 15) is 9.59 Å². The molecule has 1 aromatic carbocycles. The van der Waals surface area contributed by atoms with E-state index in [1.54, 1.807) is 24.3 Å². The molecule has 27 heavy (non-hydrogen) atoms. The minimum absolute atomic E-state index is 0. The van der Waals surface area contributed by atoms with Crippen molar-refractivity contribution >= 4 is 42.4 Å². The number of benzene rings is 1. The second kappa shape index (κ2) is 14.7. The lowest BCUT2D eigenvalue weighted by Crippen LogP contribution is -2.50. The fourth-order valence-corrected chi connectivity index (χ4v) is 2.85. The van der Waals surface area contributed by atoms with Crippen molar-refractivity contribution in [1.29, 1.82) is 0 Å². The van der Waals surface area contributed by atoms with Gasteiger partial charge in [-0.1, -0.05) is 39.8 Å². The van der Waals surface area contributed by atoms with Crippen molar-refractivity contribution < 1.29 is 14.3 Å². The van der Waals surface area contributed by atoms with Gasteiger partial charge in [0, 0.05) is 6.54 Å². The summed E-state index contributed by atoms with van der Waals surface area (Å²) in [6, 6.07) is 6.64. The first-order chi connectivity index (χ1) is 12.0. The number of methoxy groups -OCH3 is 1. The number of carbonyl (C=O) groups excluding carboxylic acids is 2. The van der Waals surface area contributed by atoms with Gasteiger partial charge in [0.2, 0.25) is 5.91 Å². The Morgan fingerprint density at radius 2 is 1.56 bits per heavy atom. The number of nitrogens with zero attached hydrogens (tertiary/aromatic N) is 2. The summed E-state index contributed by atoms with van der Waals surface area (Å²) in [5.41, 5.74) is 0.843. The van der Waals surface area contributed by atoms with E-state index < -0.39 is 5.97 Å². The summed E-state index contributed by atoms with van der Waals surface area (Å²) in [4.78, 5) is 29.2. The zero-order valence-corrected chi connectivity index (χ0v) is 18.5. The zero-order chi connectivity index (χ0) is 18.8. The van der Waals surface area contributed by atoms with E-state index in [-0.39, 0.29) is 36.8 Å². The Balaban J connectivity index is 0. The van der Waals surface area contributed by atoms with E-state index in [1.807, 2.05) is 0 Å². The Bertz CT molecular complexity index is 565. The van der Waals surface area contributed by atoms with Crippen molar-refractivity contribution in [2.75, 3.05) is 45.2 Å². The lowest BCUT2D eigenvalue weighted by molar-refractivity contribution is -0.121. The second-order valence-electron chi connectivity index (χ2n) is 5.75. The third-order valence-corrected chi connectivity index (χ3v) is 4.47. The monoisotopic (exact) mass is 421 g/mol. The predicted octanol–water partition coefficient (Wildman–Crippen LogP) is 3.31. The van der Waals surface area contributed by atoms with Gasteiger partial charge < -0.3 is 15.0 Å². The molecular weight excluding hydrogens is 389 g/mol. The molecule has 0 bridgehead atoms. The van der Waals surface area contributed by atoms with Crippen LogP contribution in [0.3, 0.4) is 0 Å². The molecular formula is C19H33Cl2N3O3. The summed E-state index contributed by atoms with van der Waals surface area (Å²) in [6.07, 6.45) is 0. The summed E-state index contributed by atoms with van der Waals surface area (Å²) in [5.74, 6) is -0.564. The standard InChI is InChI=1S/C19H31N3O3.2ClH/c1-6-21(7-2)14-17(22(8-3)9-4)18(23)20-16-13-11-10-12-15(16)19(24)25-5;;/h10-13,17H,6-9,14H2,1-5H3,(H,20,23);2*1H. The lowest BCUT2D eigenvalue weighted by Gasteiger charge is -2.32. The van der Waals surface area contributed by atoms with Gasteiger partial charge in [-0.15, -0.1) is 24.8 Å². The fraction of sp³-hybridized carbons (Fsp3) is 0.579. The van der Waals surface area contributed by atoms with Gasteiger partial charge in [0.15, 0.2) is 0 Å². The van der Waals surface area contributed by atoms with Gasteiger partial charge >= 0.3 is 5.97 Å². The Kier molecular flexibility index (Phi) is 15.2. The first-order valence-corrected chi connectivity index (χ1v) is 8.96. The van der Waals surface area contributed by atoms with Crippen molar-refractivity contribution in [2.45, 2.75) is 33.7 Å². The zero-order valence-electron chi connectivity index (χ0n) is 16.9. The molecule has 1 atom stereocenters. The Labute approximate surface area is 175 Å². The van der Waals surface area contributed by atoms with E-state index in [2.05, 4.69) is 42.8 Å². The van der Waals surface area contributed by atoms with Gasteiger partial charge in [-0.25, -0.2) is 4.79 Å². The summed E-state index contributed by atoms with van der Waals surface area (Å²) < 4.78 is 4.80. The largest absolute Gasteiger partial charge is 0.465 e. The molecule has 1 N–H and O–H groups in total. The minimum atomic E-state index is -0.459. The number of ether oxygens (including phenoxy) is 1. The molecule has 0 fully saturated rings. The molecule has 0 aromatic heterocycles. The van der Waals surface area contributed by atoms with Gasteiger partial charge in [-0.2, -0.15) is 0 Å². The van der Waals surface area contributed by atoms with Crippen molar-refractivity contribution in [1.82, 2.24) is 9.80 Å². The predicted molar refractivity (Wildman–Crippen MR) is 115 cm³/mol. The number of para-hydroxylation sites is 1. The molecule has 8 heteroatoms. The highest BCUT2D eigenvalue weighted by atomic mass is 35.5. The van der Waals surface area contributed by atoms with Crippen LogP contribution >= 0.6 is 24.8 Å². The highest BCUT2D eigenvalue weighted by molar-refractivity contribution is 6.02. The number of hydrogen-bond acceptors (Lipinski definition) is 5. The van der Waals surface area contributed by atoms with Gasteiger partial charge in [-0.05, 0) is 38.3 Å². The smallest absolute Gasteiger partial charge is 0.339 e. The van der Waals surface area contributed by atoms with Crippen LogP contribution in [0.25, 0.3) is 0 Å². The number of rotatable bonds is 10. The highest BCUT2D eigenvalue weighted by Gasteiger charge is 2.26. The molecule has 1 rings (SSSR count). The Morgan fingerprint density at radius 3 is 2.04 bits per heavy atom. The first kappa shape index (κ1) is 27.9. The van der Waals surface area contributed by atoms with Crippen molar-refractivity contribution in [3.8, 4) is 0 Å². The van der Waals surface area contributed by atoms with Gasteiger partial charge in [0.1, 0.15) is 6.04 Å². The third-order valence-electron chi connectivity index (χ3n) is 4.47. The molecule has 0 radical (unpaired) electrons. The average Bonchev–Trinajstić information content (AvgIpc) is 2.65. The van der Waals surface area contributed by atoms with Gasteiger partial charge in [0.05, 0.1) is 18.4 Å². The van der Waals surface area contributed by atoms with Crippen LogP contribution in [0.15, 0.2) is 24.3 Å². The molecule has 1 amide bonds. The third kappa shape index (κ3) is 8.05. The maximum Gasteiger partial charge on any atom is 0.339 e. The summed E-state index contributed by atoms with van der Waals surface area (Å²) in [5, 5.41) is 2.92. The van der Waals surface area contributed by atoms with Crippen LogP contribution in [-0.2, 0) is 9.53 Å². The summed E-state index contributed by atoms with van der Waals surface area (Å²) >= 11 is 0. The molecule has 0 aliphatic heterocycles. The number of amides is 1. The maximum atomic E-state index is 13.0. The molecule has 1 aromatic rings. The van der Waals surface area contributed by atoms with Crippen LogP contribution in [0.5, 0.6) is 0 Å². The van der Waals surface area contributed by atoms with Crippen molar-refractivity contribution in [3.63, 3.8) is 0 Å². The Hall–Kier alpha value is -1.34. The van der Waals surface area contributed by atoms with E-state index >= 15 is 0 Å². The van der Waals surface area contributed by atoms with Crippen LogP contribution in [-0.4, -0.2) is 67.6 Å². The van der Waals surface area contributed by atoms with Crippen LogP contribution in [0.1, 0.15) is 38.1 Å². The normalized spacial score (nSPS) is 11.4. The molecule has 0 aliphatic carbocycles. The van der Waals surface area contributed by atoms with E-state index in [1.165, 1.54) is 7.11 Å². The number of likely N-dealkylation sites (N-methyl/N-ethyl adjacent to an activating group) is 2. The molecule has 156 valence electrons. The van der Waals surface area contributed by atoms with Crippen LogP contribution in [0.2, 0.25) is 0 Å². The molecule has 0 heterocycles. The topological polar surface area (TPSA) is 61.9 Å². The molecule has 6 nitrogen and oxygen atoms in total. The van der Waals surface area contributed by atoms with Crippen LogP contribution in [0.4, 0.5) is 5.69 Å². The van der Waals surface area contributed by atoms with Gasteiger partial charge in [-0.3, -0.25) is 9.69 Å². The number of anilines is 1.